The van der Waals surface area contributed by atoms with Crippen LogP contribution in [0.5, 0.6) is 11.5 Å². The summed E-state index contributed by atoms with van der Waals surface area (Å²) in [6, 6.07) is 3.80. The second kappa shape index (κ2) is 19.7. The van der Waals surface area contributed by atoms with Gasteiger partial charge in [0.1, 0.15) is 6.10 Å². The van der Waals surface area contributed by atoms with Crippen LogP contribution in [0.15, 0.2) is 18.2 Å². The van der Waals surface area contributed by atoms with E-state index < -0.39 is 30.2 Å². The van der Waals surface area contributed by atoms with E-state index in [-0.39, 0.29) is 43.3 Å². The summed E-state index contributed by atoms with van der Waals surface area (Å²) in [6.07, 6.45) is 5.95. The summed E-state index contributed by atoms with van der Waals surface area (Å²) in [6.45, 7) is 7.96. The minimum atomic E-state index is -2.21. The van der Waals surface area contributed by atoms with Gasteiger partial charge in [0.25, 0.3) is 5.72 Å². The van der Waals surface area contributed by atoms with Gasteiger partial charge in [0.05, 0.1) is 13.2 Å². The molecule has 0 amide bonds. The summed E-state index contributed by atoms with van der Waals surface area (Å²) in [5, 5.41) is 13.3. The van der Waals surface area contributed by atoms with Crippen LogP contribution in [-0.4, -0.2) is 60.6 Å². The molecular weight excluding hydrogens is 574 g/mol. The van der Waals surface area contributed by atoms with E-state index in [2.05, 4.69) is 5.32 Å². The third-order valence-corrected chi connectivity index (χ3v) is 7.29. The van der Waals surface area contributed by atoms with Crippen molar-refractivity contribution in [2.45, 2.75) is 129 Å². The van der Waals surface area contributed by atoms with E-state index in [1.54, 1.807) is 6.92 Å². The molecule has 1 aromatic rings. The first-order valence-corrected chi connectivity index (χ1v) is 15.8. The molecule has 12 heteroatoms. The normalized spacial score (nSPS) is 15.4. The monoisotopic (exact) mass is 623 g/mol. The van der Waals surface area contributed by atoms with Gasteiger partial charge in [-0.1, -0.05) is 58.9 Å². The highest BCUT2D eigenvalue weighted by Gasteiger charge is 2.45. The molecule has 1 saturated carbocycles. The van der Waals surface area contributed by atoms with Gasteiger partial charge in [-0.05, 0) is 69.6 Å². The van der Waals surface area contributed by atoms with Crippen molar-refractivity contribution < 1.29 is 52.7 Å². The Kier molecular flexibility index (Phi) is 16.4. The molecule has 2 N–H and O–H groups in total. The van der Waals surface area contributed by atoms with Crippen LogP contribution in [0, 0.1) is 0 Å². The summed E-state index contributed by atoms with van der Waals surface area (Å²) in [4.78, 5) is 50.4. The highest BCUT2D eigenvalue weighted by molar-refractivity contribution is 5.80. The Morgan fingerprint density at radius 2 is 1.45 bits per heavy atom. The highest BCUT2D eigenvalue weighted by Crippen LogP contribution is 2.32. The summed E-state index contributed by atoms with van der Waals surface area (Å²) in [5.41, 5.74) is -1.91. The first-order chi connectivity index (χ1) is 21.1. The number of hydrogen-bond acceptors (Lipinski definition) is 11. The number of unbranched alkanes of at least 4 members (excludes halogenated alkanes) is 4. The number of carbonyl (C=O) groups is 4. The van der Waals surface area contributed by atoms with Crippen molar-refractivity contribution in [2.75, 3.05) is 13.2 Å². The molecule has 248 valence electrons. The van der Waals surface area contributed by atoms with Crippen LogP contribution >= 0.6 is 0 Å². The molecule has 0 saturated heterocycles. The average Bonchev–Trinajstić information content (AvgIpc) is 2.99. The Balaban J connectivity index is 2.33. The molecule has 0 bridgehead atoms. The number of ether oxygens (including phenoxy) is 6. The van der Waals surface area contributed by atoms with Crippen LogP contribution in [0.3, 0.4) is 0 Å². The van der Waals surface area contributed by atoms with Crippen molar-refractivity contribution in [3.8, 4) is 11.5 Å². The molecule has 1 aromatic carbocycles. The zero-order chi connectivity index (χ0) is 32.4. The van der Waals surface area contributed by atoms with Crippen LogP contribution in [-0.2, 0) is 30.2 Å². The third-order valence-electron chi connectivity index (χ3n) is 7.29. The van der Waals surface area contributed by atoms with E-state index in [9.17, 15) is 24.3 Å². The lowest BCUT2D eigenvalue weighted by molar-refractivity contribution is -0.168. The largest absolute Gasteiger partial charge is 0.513 e. The number of aliphatic carboxylic acids is 1. The Morgan fingerprint density at radius 1 is 0.864 bits per heavy atom. The lowest BCUT2D eigenvalue weighted by Gasteiger charge is -2.33. The molecule has 0 heterocycles. The molecule has 1 aliphatic rings. The van der Waals surface area contributed by atoms with Crippen molar-refractivity contribution in [3.05, 3.63) is 23.8 Å². The maximum Gasteiger partial charge on any atom is 0.513 e. The molecule has 1 fully saturated rings. The lowest BCUT2D eigenvalue weighted by Crippen LogP contribution is -2.59. The van der Waals surface area contributed by atoms with Gasteiger partial charge >= 0.3 is 24.4 Å². The molecule has 0 aromatic heterocycles. The van der Waals surface area contributed by atoms with E-state index in [4.69, 9.17) is 28.4 Å². The van der Waals surface area contributed by atoms with Gasteiger partial charge in [-0.15, -0.1) is 0 Å². The van der Waals surface area contributed by atoms with Crippen molar-refractivity contribution in [1.29, 1.82) is 0 Å². The summed E-state index contributed by atoms with van der Waals surface area (Å²) < 4.78 is 31.9. The molecule has 1 unspecified atom stereocenters. The first-order valence-electron chi connectivity index (χ1n) is 15.8. The summed E-state index contributed by atoms with van der Waals surface area (Å²) >= 11 is 0. The van der Waals surface area contributed by atoms with Gasteiger partial charge < -0.3 is 33.5 Å². The lowest BCUT2D eigenvalue weighted by atomic mass is 9.98. The second-order valence-electron chi connectivity index (χ2n) is 11.1. The molecule has 0 radical (unpaired) electrons. The quantitative estimate of drug-likeness (QED) is 0.0554. The number of nitrogens with one attached hydrogen (secondary N) is 1. The van der Waals surface area contributed by atoms with Crippen molar-refractivity contribution >= 4 is 24.4 Å². The molecule has 44 heavy (non-hydrogen) atoms. The van der Waals surface area contributed by atoms with Gasteiger partial charge in [-0.25, -0.2) is 19.2 Å². The fourth-order valence-electron chi connectivity index (χ4n) is 4.65. The van der Waals surface area contributed by atoms with Crippen LogP contribution in [0.25, 0.3) is 0 Å². The number of carboxylic acids is 1. The van der Waals surface area contributed by atoms with Crippen LogP contribution in [0.4, 0.5) is 14.4 Å². The van der Waals surface area contributed by atoms with Gasteiger partial charge in [0, 0.05) is 12.5 Å². The molecule has 12 nitrogen and oxygen atoms in total. The Labute approximate surface area is 260 Å². The minimum Gasteiger partial charge on any atom is -0.477 e. The Morgan fingerprint density at radius 3 is 2.00 bits per heavy atom. The smallest absolute Gasteiger partial charge is 0.477 e. The zero-order valence-electron chi connectivity index (χ0n) is 26.5. The topological polar surface area (TPSA) is 156 Å². The number of carbonyl (C=O) groups excluding carboxylic acids is 3. The van der Waals surface area contributed by atoms with Gasteiger partial charge in [0.2, 0.25) is 0 Å². The molecule has 1 aliphatic carbocycles. The number of hydrogen-bond donors (Lipinski definition) is 2. The number of carboxylic acid groups (broad SMARTS) is 1. The highest BCUT2D eigenvalue weighted by atomic mass is 16.8. The number of rotatable bonds is 18. The third kappa shape index (κ3) is 13.0. The van der Waals surface area contributed by atoms with Gasteiger partial charge in [0.15, 0.2) is 11.5 Å². The molecule has 0 aliphatic heterocycles. The van der Waals surface area contributed by atoms with Gasteiger partial charge in [-0.2, -0.15) is 0 Å². The molecule has 0 spiro atoms. The fraction of sp³-hybridized carbons (Fsp3) is 0.688. The zero-order valence-corrected chi connectivity index (χ0v) is 26.5. The van der Waals surface area contributed by atoms with Crippen LogP contribution < -0.4 is 14.8 Å². The second-order valence-corrected chi connectivity index (χ2v) is 11.1. The molecule has 2 atom stereocenters. The van der Waals surface area contributed by atoms with E-state index in [1.807, 2.05) is 20.8 Å². The molecule has 2 rings (SSSR count). The van der Waals surface area contributed by atoms with Gasteiger partial charge in [-0.3, -0.25) is 5.32 Å². The van der Waals surface area contributed by atoms with Crippen molar-refractivity contribution in [2.24, 2.45) is 0 Å². The SMILES string of the molecule is CCCCCOC(=O)Oc1ccc(C[C@](NC(C)CC)(OC(=O)OC2CCCCC2)C(=O)O)cc1OC(=O)OCCCCC. The van der Waals surface area contributed by atoms with E-state index in [1.165, 1.54) is 18.2 Å². The van der Waals surface area contributed by atoms with Crippen LogP contribution in [0.1, 0.15) is 110 Å². The minimum absolute atomic E-state index is 0.131. The first kappa shape index (κ1) is 36.7. The average molecular weight is 624 g/mol. The Hall–Kier alpha value is -3.54. The Bertz CT molecular complexity index is 1060. The number of benzene rings is 1. The predicted molar refractivity (Wildman–Crippen MR) is 161 cm³/mol. The standard InChI is InChI=1S/C32H49NO11/c1-5-8-13-19-39-29(36)42-26-18-17-24(21-27(26)43-30(37)40-20-14-9-6-2)22-32(28(34)35,33-23(4)7-3)44-31(38)41-25-15-11-10-12-16-25/h17-18,21,23,25,33H,5-16,19-20,22H2,1-4H3,(H,34,35)/t23?,32-/m0/s1. The van der Waals surface area contributed by atoms with E-state index >= 15 is 0 Å². The predicted octanol–water partition coefficient (Wildman–Crippen LogP) is 7.30. The van der Waals surface area contributed by atoms with Crippen molar-refractivity contribution in [1.82, 2.24) is 5.32 Å². The van der Waals surface area contributed by atoms with Crippen molar-refractivity contribution in [3.63, 3.8) is 0 Å². The van der Waals surface area contributed by atoms with Crippen LogP contribution in [0.2, 0.25) is 0 Å². The fourth-order valence-corrected chi connectivity index (χ4v) is 4.65. The molecular formula is C32H49NO11. The summed E-state index contributed by atoms with van der Waals surface area (Å²) in [5.74, 6) is -1.76. The van der Waals surface area contributed by atoms with E-state index in [0.717, 1.165) is 44.9 Å². The summed E-state index contributed by atoms with van der Waals surface area (Å²) in [7, 11) is 0. The maximum atomic E-state index is 12.8. The maximum absolute atomic E-state index is 12.8. The van der Waals surface area contributed by atoms with E-state index in [0.29, 0.717) is 37.7 Å².